The highest BCUT2D eigenvalue weighted by atomic mass is 16.6. The van der Waals surface area contributed by atoms with Crippen LogP contribution in [0.3, 0.4) is 0 Å². The molecule has 1 fully saturated rings. The van der Waals surface area contributed by atoms with E-state index in [1.54, 1.807) is 0 Å². The zero-order valence-corrected chi connectivity index (χ0v) is 11.5. The fourth-order valence-corrected chi connectivity index (χ4v) is 1.71. The summed E-state index contributed by atoms with van der Waals surface area (Å²) in [7, 11) is 0. The van der Waals surface area contributed by atoms with Crippen molar-refractivity contribution in [1.82, 2.24) is 0 Å². The molecule has 1 aliphatic rings. The molecule has 100 valence electrons. The summed E-state index contributed by atoms with van der Waals surface area (Å²) in [4.78, 5) is 11.4. The lowest BCUT2D eigenvalue weighted by Gasteiger charge is -2.35. The lowest BCUT2D eigenvalue weighted by Crippen LogP contribution is -2.40. The smallest absolute Gasteiger partial charge is 0.332 e. The second kappa shape index (κ2) is 5.83. The van der Waals surface area contributed by atoms with Crippen molar-refractivity contribution >= 4 is 5.97 Å². The topological polar surface area (TPSA) is 44.8 Å². The minimum atomic E-state index is -0.441. The Bertz CT molecular complexity index is 249. The van der Waals surface area contributed by atoms with Crippen LogP contribution in [0.2, 0.25) is 0 Å². The zero-order chi connectivity index (χ0) is 13.1. The van der Waals surface area contributed by atoms with Gasteiger partial charge in [0.25, 0.3) is 0 Å². The molecular formula is C13H24O4. The monoisotopic (exact) mass is 244 g/mol. The molecule has 4 heteroatoms. The first kappa shape index (κ1) is 14.5. The van der Waals surface area contributed by atoms with Gasteiger partial charge < -0.3 is 14.2 Å². The van der Waals surface area contributed by atoms with E-state index in [-0.39, 0.29) is 24.8 Å². The predicted octanol–water partition coefficient (Wildman–Crippen LogP) is 2.30. The zero-order valence-electron chi connectivity index (χ0n) is 11.5. The molecule has 0 amide bonds. The third-order valence-electron chi connectivity index (χ3n) is 2.37. The van der Waals surface area contributed by atoms with Gasteiger partial charge in [-0.3, -0.25) is 0 Å². The maximum atomic E-state index is 11.4. The highest BCUT2D eigenvalue weighted by Gasteiger charge is 2.32. The molecule has 17 heavy (non-hydrogen) atoms. The van der Waals surface area contributed by atoms with Gasteiger partial charge in [0, 0.05) is 0 Å². The second-order valence-electron chi connectivity index (χ2n) is 5.80. The van der Waals surface area contributed by atoms with Crippen LogP contribution in [-0.2, 0) is 19.0 Å². The van der Waals surface area contributed by atoms with Crippen LogP contribution in [0.5, 0.6) is 0 Å². The lowest BCUT2D eigenvalue weighted by atomic mass is 9.92. The van der Waals surface area contributed by atoms with E-state index < -0.39 is 5.60 Å². The van der Waals surface area contributed by atoms with Crippen LogP contribution < -0.4 is 0 Å². The standard InChI is InChI=1S/C13H24O4/c1-9(2)16-11-6-10(7-11)15-8-12(14)17-13(3,4)5/h9-11H,6-8H2,1-5H3. The Hall–Kier alpha value is -0.610. The molecule has 0 aromatic rings. The normalized spacial score (nSPS) is 24.6. The summed E-state index contributed by atoms with van der Waals surface area (Å²) in [5, 5.41) is 0. The Labute approximate surface area is 104 Å². The maximum Gasteiger partial charge on any atom is 0.332 e. The van der Waals surface area contributed by atoms with Gasteiger partial charge in [-0.25, -0.2) is 4.79 Å². The van der Waals surface area contributed by atoms with E-state index in [1.807, 2.05) is 34.6 Å². The van der Waals surface area contributed by atoms with E-state index in [0.29, 0.717) is 6.10 Å². The van der Waals surface area contributed by atoms with Crippen LogP contribution in [0.15, 0.2) is 0 Å². The minimum absolute atomic E-state index is 0.0380. The number of ether oxygens (including phenoxy) is 3. The first-order chi connectivity index (χ1) is 7.76. The van der Waals surface area contributed by atoms with Crippen molar-refractivity contribution in [1.29, 1.82) is 0 Å². The van der Waals surface area contributed by atoms with Crippen molar-refractivity contribution in [2.24, 2.45) is 0 Å². The van der Waals surface area contributed by atoms with Gasteiger partial charge >= 0.3 is 5.97 Å². The lowest BCUT2D eigenvalue weighted by molar-refractivity contribution is -0.170. The van der Waals surface area contributed by atoms with E-state index in [1.165, 1.54) is 0 Å². The molecule has 0 unspecified atom stereocenters. The van der Waals surface area contributed by atoms with Gasteiger partial charge in [0.1, 0.15) is 12.2 Å². The third kappa shape index (κ3) is 6.03. The summed E-state index contributed by atoms with van der Waals surface area (Å²) in [6.45, 7) is 9.63. The summed E-state index contributed by atoms with van der Waals surface area (Å²) in [6, 6.07) is 0. The summed E-state index contributed by atoms with van der Waals surface area (Å²) in [5.41, 5.74) is -0.441. The second-order valence-corrected chi connectivity index (χ2v) is 5.80. The molecule has 4 nitrogen and oxygen atoms in total. The van der Waals surface area contributed by atoms with Gasteiger partial charge in [-0.15, -0.1) is 0 Å². The number of rotatable bonds is 5. The Morgan fingerprint density at radius 1 is 1.24 bits per heavy atom. The van der Waals surface area contributed by atoms with Gasteiger partial charge in [0.2, 0.25) is 0 Å². The van der Waals surface area contributed by atoms with Crippen molar-refractivity contribution in [2.45, 2.75) is 71.4 Å². The number of esters is 1. The molecular weight excluding hydrogens is 220 g/mol. The SMILES string of the molecule is CC(C)OC1CC(OCC(=O)OC(C)(C)C)C1. The van der Waals surface area contributed by atoms with E-state index in [4.69, 9.17) is 14.2 Å². The van der Waals surface area contributed by atoms with Crippen LogP contribution in [0.25, 0.3) is 0 Å². The van der Waals surface area contributed by atoms with E-state index in [0.717, 1.165) is 12.8 Å². The quantitative estimate of drug-likeness (QED) is 0.696. The van der Waals surface area contributed by atoms with Crippen LogP contribution >= 0.6 is 0 Å². The molecule has 1 saturated carbocycles. The van der Waals surface area contributed by atoms with Crippen LogP contribution in [0.1, 0.15) is 47.5 Å². The Morgan fingerprint density at radius 3 is 2.29 bits per heavy atom. The number of hydrogen-bond donors (Lipinski definition) is 0. The van der Waals surface area contributed by atoms with Crippen molar-refractivity contribution < 1.29 is 19.0 Å². The molecule has 0 N–H and O–H groups in total. The molecule has 1 rings (SSSR count). The summed E-state index contributed by atoms with van der Waals surface area (Å²) < 4.78 is 16.2. The molecule has 1 aliphatic carbocycles. The molecule has 0 aromatic carbocycles. The molecule has 0 heterocycles. The molecule has 0 radical (unpaired) electrons. The van der Waals surface area contributed by atoms with Crippen molar-refractivity contribution in [2.75, 3.05) is 6.61 Å². The van der Waals surface area contributed by atoms with Gasteiger partial charge in [-0.05, 0) is 47.5 Å². The predicted molar refractivity (Wildman–Crippen MR) is 64.8 cm³/mol. The first-order valence-electron chi connectivity index (χ1n) is 6.25. The summed E-state index contributed by atoms with van der Waals surface area (Å²) in [5.74, 6) is -0.300. The minimum Gasteiger partial charge on any atom is -0.458 e. The fraction of sp³-hybridized carbons (Fsp3) is 0.923. The molecule has 0 spiro atoms. The number of hydrogen-bond acceptors (Lipinski definition) is 4. The van der Waals surface area contributed by atoms with Crippen LogP contribution in [0.4, 0.5) is 0 Å². The highest BCUT2D eigenvalue weighted by Crippen LogP contribution is 2.27. The number of carbonyl (C=O) groups is 1. The van der Waals surface area contributed by atoms with Crippen molar-refractivity contribution in [3.63, 3.8) is 0 Å². The molecule has 0 bridgehead atoms. The van der Waals surface area contributed by atoms with Gasteiger partial charge in [0.05, 0.1) is 18.3 Å². The van der Waals surface area contributed by atoms with Crippen molar-refractivity contribution in [3.05, 3.63) is 0 Å². The third-order valence-corrected chi connectivity index (χ3v) is 2.37. The van der Waals surface area contributed by atoms with Gasteiger partial charge in [0.15, 0.2) is 0 Å². The van der Waals surface area contributed by atoms with Crippen LogP contribution in [-0.4, -0.2) is 36.5 Å². The Kier molecular flexibility index (Phi) is 4.95. The van der Waals surface area contributed by atoms with Crippen molar-refractivity contribution in [3.8, 4) is 0 Å². The summed E-state index contributed by atoms with van der Waals surface area (Å²) >= 11 is 0. The Morgan fingerprint density at radius 2 is 1.82 bits per heavy atom. The molecule has 0 aliphatic heterocycles. The first-order valence-corrected chi connectivity index (χ1v) is 6.25. The summed E-state index contributed by atoms with van der Waals surface area (Å²) in [6.07, 6.45) is 2.44. The van der Waals surface area contributed by atoms with E-state index >= 15 is 0 Å². The average Bonchev–Trinajstić information content (AvgIpc) is 2.04. The fourth-order valence-electron chi connectivity index (χ4n) is 1.71. The van der Waals surface area contributed by atoms with Gasteiger partial charge in [-0.2, -0.15) is 0 Å². The highest BCUT2D eigenvalue weighted by molar-refractivity contribution is 5.71. The molecule has 0 atom stereocenters. The Balaban J connectivity index is 2.08. The largest absolute Gasteiger partial charge is 0.458 e. The maximum absolute atomic E-state index is 11.4. The van der Waals surface area contributed by atoms with Gasteiger partial charge in [-0.1, -0.05) is 0 Å². The molecule has 0 saturated heterocycles. The number of carbonyl (C=O) groups excluding carboxylic acids is 1. The molecule has 0 aromatic heterocycles. The van der Waals surface area contributed by atoms with Crippen LogP contribution in [0, 0.1) is 0 Å². The van der Waals surface area contributed by atoms with E-state index in [2.05, 4.69) is 0 Å². The van der Waals surface area contributed by atoms with E-state index in [9.17, 15) is 4.79 Å². The average molecular weight is 244 g/mol.